The lowest BCUT2D eigenvalue weighted by molar-refractivity contribution is 0.263. The number of aliphatic hydroxyl groups is 1. The van der Waals surface area contributed by atoms with Crippen LogP contribution in [0.15, 0.2) is 0 Å². The van der Waals surface area contributed by atoms with E-state index < -0.39 is 0 Å². The Morgan fingerprint density at radius 3 is 2.92 bits per heavy atom. The average molecular weight is 187 g/mol. The summed E-state index contributed by atoms with van der Waals surface area (Å²) in [5.41, 5.74) is 0. The van der Waals surface area contributed by atoms with Gasteiger partial charge in [-0.3, -0.25) is 0 Å². The summed E-state index contributed by atoms with van der Waals surface area (Å²) < 4.78 is 5.34. The molecular formula is C8H13NO2S. The van der Waals surface area contributed by atoms with E-state index in [1.165, 1.54) is 11.3 Å². The van der Waals surface area contributed by atoms with Gasteiger partial charge in [0.1, 0.15) is 0 Å². The van der Waals surface area contributed by atoms with E-state index >= 15 is 0 Å². The van der Waals surface area contributed by atoms with Crippen LogP contribution in [0, 0.1) is 6.92 Å². The number of thiazole rings is 1. The summed E-state index contributed by atoms with van der Waals surface area (Å²) in [5.74, 6) is 0.599. The number of nitrogens with zero attached hydrogens (tertiary/aromatic N) is 1. The van der Waals surface area contributed by atoms with Crippen molar-refractivity contribution in [3.63, 3.8) is 0 Å². The van der Waals surface area contributed by atoms with E-state index in [0.717, 1.165) is 16.3 Å². The first-order valence-electron chi connectivity index (χ1n) is 3.98. The molecule has 0 aliphatic rings. The van der Waals surface area contributed by atoms with Crippen molar-refractivity contribution in [3.05, 3.63) is 9.88 Å². The van der Waals surface area contributed by atoms with E-state index in [4.69, 9.17) is 9.84 Å². The van der Waals surface area contributed by atoms with Gasteiger partial charge in [-0.25, -0.2) is 4.98 Å². The lowest BCUT2D eigenvalue weighted by Gasteiger charge is -2.00. The van der Waals surface area contributed by atoms with Crippen molar-refractivity contribution in [1.82, 2.24) is 4.98 Å². The average Bonchev–Trinajstić information content (AvgIpc) is 2.42. The third-order valence-electron chi connectivity index (χ3n) is 1.35. The van der Waals surface area contributed by atoms with E-state index in [2.05, 4.69) is 4.98 Å². The maximum atomic E-state index is 8.92. The van der Waals surface area contributed by atoms with Crippen molar-refractivity contribution in [2.24, 2.45) is 0 Å². The molecule has 0 spiro atoms. The number of ether oxygens (including phenoxy) is 1. The van der Waals surface area contributed by atoms with Gasteiger partial charge in [0.05, 0.1) is 23.1 Å². The number of hydrogen-bond acceptors (Lipinski definition) is 4. The molecule has 0 aliphatic carbocycles. The third-order valence-corrected chi connectivity index (χ3v) is 2.29. The minimum absolute atomic E-state index is 0.0184. The molecule has 1 heterocycles. The van der Waals surface area contributed by atoms with Crippen molar-refractivity contribution >= 4 is 11.3 Å². The fraction of sp³-hybridized carbons (Fsp3) is 0.625. The van der Waals surface area contributed by atoms with Gasteiger partial charge in [0.15, 0.2) is 0 Å². The number of rotatable bonds is 4. The molecule has 3 nitrogen and oxygen atoms in total. The number of aryl methyl sites for hydroxylation is 1. The molecule has 0 amide bonds. The molecule has 0 aliphatic heterocycles. The highest BCUT2D eigenvalue weighted by Crippen LogP contribution is 2.24. The zero-order chi connectivity index (χ0) is 8.97. The number of hydrogen-bond donors (Lipinski definition) is 1. The molecule has 0 fully saturated rings. The van der Waals surface area contributed by atoms with Gasteiger partial charge < -0.3 is 9.84 Å². The summed E-state index contributed by atoms with van der Waals surface area (Å²) in [6.45, 7) is 4.63. The van der Waals surface area contributed by atoms with Crippen LogP contribution in [-0.2, 0) is 6.61 Å². The van der Waals surface area contributed by atoms with Crippen LogP contribution in [0.3, 0.4) is 0 Å². The summed E-state index contributed by atoms with van der Waals surface area (Å²) in [4.78, 5) is 4.98. The van der Waals surface area contributed by atoms with Gasteiger partial charge in [0.25, 0.3) is 0 Å². The largest absolute Gasteiger partial charge is 0.477 e. The molecule has 12 heavy (non-hydrogen) atoms. The van der Waals surface area contributed by atoms with Crippen LogP contribution in [0.4, 0.5) is 0 Å². The molecule has 0 unspecified atom stereocenters. The van der Waals surface area contributed by atoms with Gasteiger partial charge in [-0.2, -0.15) is 0 Å². The van der Waals surface area contributed by atoms with Gasteiger partial charge in [-0.1, -0.05) is 6.92 Å². The van der Waals surface area contributed by atoms with E-state index in [1.54, 1.807) is 0 Å². The lowest BCUT2D eigenvalue weighted by atomic mass is 10.5. The van der Waals surface area contributed by atoms with Crippen molar-refractivity contribution < 1.29 is 9.84 Å². The van der Waals surface area contributed by atoms with Crippen LogP contribution in [0.1, 0.15) is 23.2 Å². The predicted octanol–water partition coefficient (Wildman–Crippen LogP) is 1.73. The predicted molar refractivity (Wildman–Crippen MR) is 48.6 cm³/mol. The van der Waals surface area contributed by atoms with Gasteiger partial charge in [-0.05, 0) is 13.3 Å². The molecule has 0 saturated carbocycles. The topological polar surface area (TPSA) is 42.4 Å². The van der Waals surface area contributed by atoms with Crippen LogP contribution < -0.4 is 4.74 Å². The van der Waals surface area contributed by atoms with Gasteiger partial charge in [0.2, 0.25) is 5.88 Å². The first-order chi connectivity index (χ1) is 5.77. The summed E-state index contributed by atoms with van der Waals surface area (Å²) in [6.07, 6.45) is 0.960. The molecule has 0 bridgehead atoms. The first kappa shape index (κ1) is 9.48. The van der Waals surface area contributed by atoms with Crippen molar-refractivity contribution in [3.8, 4) is 5.88 Å². The summed E-state index contributed by atoms with van der Waals surface area (Å²) in [6, 6.07) is 0. The van der Waals surface area contributed by atoms with E-state index in [1.807, 2.05) is 13.8 Å². The summed E-state index contributed by atoms with van der Waals surface area (Å²) in [5, 5.41) is 9.86. The normalized spacial score (nSPS) is 10.2. The Bertz CT molecular complexity index is 247. The molecule has 0 aromatic carbocycles. The minimum Gasteiger partial charge on any atom is -0.477 e. The summed E-state index contributed by atoms with van der Waals surface area (Å²) in [7, 11) is 0. The van der Waals surface area contributed by atoms with Crippen LogP contribution in [0.2, 0.25) is 0 Å². The highest BCUT2D eigenvalue weighted by atomic mass is 32.1. The maximum absolute atomic E-state index is 8.92. The zero-order valence-electron chi connectivity index (χ0n) is 7.33. The molecular weight excluding hydrogens is 174 g/mol. The van der Waals surface area contributed by atoms with Crippen LogP contribution >= 0.6 is 11.3 Å². The molecule has 0 atom stereocenters. The highest BCUT2D eigenvalue weighted by molar-refractivity contribution is 7.11. The fourth-order valence-electron chi connectivity index (χ4n) is 0.862. The number of aromatic nitrogens is 1. The van der Waals surface area contributed by atoms with E-state index in [9.17, 15) is 0 Å². The molecule has 1 rings (SSSR count). The van der Waals surface area contributed by atoms with Crippen molar-refractivity contribution in [2.75, 3.05) is 6.61 Å². The Morgan fingerprint density at radius 2 is 2.33 bits per heavy atom. The Kier molecular flexibility index (Phi) is 3.49. The Balaban J connectivity index is 2.68. The van der Waals surface area contributed by atoms with E-state index in [-0.39, 0.29) is 6.61 Å². The quantitative estimate of drug-likeness (QED) is 0.780. The smallest absolute Gasteiger partial charge is 0.230 e. The standard InChI is InChI=1S/C8H13NO2S/c1-3-4-11-8-7(5-10)12-6(2)9-8/h10H,3-5H2,1-2H3. The van der Waals surface area contributed by atoms with Crippen LogP contribution in [-0.4, -0.2) is 16.7 Å². The molecule has 4 heteroatoms. The minimum atomic E-state index is 0.0184. The molecule has 1 N–H and O–H groups in total. The third kappa shape index (κ3) is 2.19. The highest BCUT2D eigenvalue weighted by Gasteiger charge is 2.08. The SMILES string of the molecule is CCCOc1nc(C)sc1CO. The molecule has 1 aromatic heterocycles. The maximum Gasteiger partial charge on any atom is 0.230 e. The Labute approximate surface area is 76.0 Å². The lowest BCUT2D eigenvalue weighted by Crippen LogP contribution is -1.97. The fourth-order valence-corrected chi connectivity index (χ4v) is 1.60. The molecule has 68 valence electrons. The Hall–Kier alpha value is -0.610. The zero-order valence-corrected chi connectivity index (χ0v) is 8.15. The van der Waals surface area contributed by atoms with Crippen LogP contribution in [0.5, 0.6) is 5.88 Å². The Morgan fingerprint density at radius 1 is 1.58 bits per heavy atom. The van der Waals surface area contributed by atoms with Gasteiger partial charge in [-0.15, -0.1) is 11.3 Å². The monoisotopic (exact) mass is 187 g/mol. The summed E-state index contributed by atoms with van der Waals surface area (Å²) >= 11 is 1.48. The van der Waals surface area contributed by atoms with Crippen LogP contribution in [0.25, 0.3) is 0 Å². The molecule has 0 radical (unpaired) electrons. The number of aliphatic hydroxyl groups excluding tert-OH is 1. The van der Waals surface area contributed by atoms with Gasteiger partial charge >= 0.3 is 0 Å². The van der Waals surface area contributed by atoms with Crippen molar-refractivity contribution in [1.29, 1.82) is 0 Å². The molecule has 1 aromatic rings. The second kappa shape index (κ2) is 4.42. The molecule has 0 saturated heterocycles. The van der Waals surface area contributed by atoms with E-state index in [0.29, 0.717) is 12.5 Å². The second-order valence-corrected chi connectivity index (χ2v) is 3.76. The van der Waals surface area contributed by atoms with Crippen molar-refractivity contribution in [2.45, 2.75) is 26.9 Å². The second-order valence-electron chi connectivity index (χ2n) is 2.47. The first-order valence-corrected chi connectivity index (χ1v) is 4.79. The van der Waals surface area contributed by atoms with Gasteiger partial charge in [0, 0.05) is 0 Å².